The summed E-state index contributed by atoms with van der Waals surface area (Å²) in [5, 5.41) is 13.2. The molecule has 4 nitrogen and oxygen atoms in total. The zero-order valence-electron chi connectivity index (χ0n) is 14.1. The topological polar surface area (TPSA) is 62.5 Å². The van der Waals surface area contributed by atoms with Gasteiger partial charge in [-0.3, -0.25) is 4.79 Å². The first kappa shape index (κ1) is 16.8. The molecule has 128 valence electrons. The van der Waals surface area contributed by atoms with Crippen molar-refractivity contribution in [2.45, 2.75) is 25.8 Å². The fraction of sp³-hybridized carbons (Fsp3) is 0.190. The van der Waals surface area contributed by atoms with Gasteiger partial charge in [0.25, 0.3) is 0 Å². The molecule has 25 heavy (non-hydrogen) atoms. The number of phenolic OH excluding ortho intramolecular Hbond substituents is 1. The minimum Gasteiger partial charge on any atom is -0.508 e. The number of nitrogens with one attached hydrogen (secondary N) is 1. The summed E-state index contributed by atoms with van der Waals surface area (Å²) in [6, 6.07) is 18.9. The van der Waals surface area contributed by atoms with Gasteiger partial charge in [0.05, 0.1) is 12.8 Å². The zero-order valence-corrected chi connectivity index (χ0v) is 14.1. The third kappa shape index (κ3) is 4.29. The molecular formula is C21H21NO3. The van der Waals surface area contributed by atoms with Crippen molar-refractivity contribution in [3.8, 4) is 5.75 Å². The number of furan rings is 1. The van der Waals surface area contributed by atoms with E-state index in [-0.39, 0.29) is 24.0 Å². The zero-order chi connectivity index (χ0) is 17.6. The van der Waals surface area contributed by atoms with Gasteiger partial charge < -0.3 is 14.8 Å². The van der Waals surface area contributed by atoms with E-state index in [1.54, 1.807) is 18.4 Å². The van der Waals surface area contributed by atoms with E-state index in [0.29, 0.717) is 12.3 Å². The Labute approximate surface area is 147 Å². The molecule has 0 saturated heterocycles. The number of phenols is 1. The van der Waals surface area contributed by atoms with E-state index in [4.69, 9.17) is 4.42 Å². The van der Waals surface area contributed by atoms with Crippen molar-refractivity contribution in [1.82, 2.24) is 5.32 Å². The summed E-state index contributed by atoms with van der Waals surface area (Å²) < 4.78 is 5.24. The third-order valence-electron chi connectivity index (χ3n) is 4.19. The van der Waals surface area contributed by atoms with E-state index in [0.717, 1.165) is 16.7 Å². The molecule has 0 saturated carbocycles. The average Bonchev–Trinajstić information content (AvgIpc) is 3.13. The van der Waals surface area contributed by atoms with Crippen LogP contribution >= 0.6 is 0 Å². The predicted molar refractivity (Wildman–Crippen MR) is 96.3 cm³/mol. The Bertz CT molecular complexity index is 826. The van der Waals surface area contributed by atoms with E-state index < -0.39 is 0 Å². The molecule has 0 fully saturated rings. The minimum atomic E-state index is -0.210. The molecule has 0 spiro atoms. The highest BCUT2D eigenvalue weighted by molar-refractivity contribution is 5.77. The fourth-order valence-corrected chi connectivity index (χ4v) is 2.90. The van der Waals surface area contributed by atoms with Crippen LogP contribution in [-0.2, 0) is 11.3 Å². The van der Waals surface area contributed by atoms with Crippen LogP contribution in [0.3, 0.4) is 0 Å². The molecule has 1 amide bonds. The quantitative estimate of drug-likeness (QED) is 0.712. The first-order chi connectivity index (χ1) is 12.1. The number of carbonyl (C=O) groups excluding carboxylic acids is 1. The highest BCUT2D eigenvalue weighted by Crippen LogP contribution is 2.34. The molecule has 0 aliphatic carbocycles. The van der Waals surface area contributed by atoms with Crippen LogP contribution < -0.4 is 5.32 Å². The number of hydrogen-bond donors (Lipinski definition) is 2. The van der Waals surface area contributed by atoms with Gasteiger partial charge in [0, 0.05) is 17.9 Å². The highest BCUT2D eigenvalue weighted by Gasteiger charge is 2.21. The monoisotopic (exact) mass is 335 g/mol. The van der Waals surface area contributed by atoms with E-state index in [9.17, 15) is 9.90 Å². The first-order valence-corrected chi connectivity index (χ1v) is 8.27. The van der Waals surface area contributed by atoms with Crippen LogP contribution in [-0.4, -0.2) is 11.0 Å². The standard InChI is InChI=1S/C21H21NO3/c1-15-9-10-18(20(23)12-15)19(16-6-3-2-4-7-16)13-21(24)22-14-17-8-5-11-25-17/h2-12,19,23H,13-14H2,1H3,(H,22,24)/t19-/m1/s1. The van der Waals surface area contributed by atoms with Gasteiger partial charge in [0.15, 0.2) is 0 Å². The Morgan fingerprint density at radius 1 is 1.12 bits per heavy atom. The molecule has 0 aliphatic heterocycles. The van der Waals surface area contributed by atoms with Crippen molar-refractivity contribution in [2.75, 3.05) is 0 Å². The summed E-state index contributed by atoms with van der Waals surface area (Å²) in [7, 11) is 0. The van der Waals surface area contributed by atoms with Crippen molar-refractivity contribution in [3.63, 3.8) is 0 Å². The second-order valence-electron chi connectivity index (χ2n) is 6.09. The lowest BCUT2D eigenvalue weighted by atomic mass is 9.87. The second kappa shape index (κ2) is 7.71. The van der Waals surface area contributed by atoms with Gasteiger partial charge in [0.2, 0.25) is 5.91 Å². The maximum Gasteiger partial charge on any atom is 0.221 e. The summed E-state index contributed by atoms with van der Waals surface area (Å²) in [5.74, 6) is 0.624. The Hall–Kier alpha value is -3.01. The molecule has 3 rings (SSSR count). The lowest BCUT2D eigenvalue weighted by Crippen LogP contribution is -2.24. The summed E-state index contributed by atoms with van der Waals surface area (Å²) in [6.45, 7) is 2.28. The van der Waals surface area contributed by atoms with Crippen LogP contribution in [0.2, 0.25) is 0 Å². The number of rotatable bonds is 6. The SMILES string of the molecule is Cc1ccc([C@H](CC(=O)NCc2ccco2)c2ccccc2)c(O)c1. The number of aromatic hydroxyl groups is 1. The predicted octanol–water partition coefficient (Wildman–Crippen LogP) is 4.13. The average molecular weight is 335 g/mol. The molecule has 4 heteroatoms. The van der Waals surface area contributed by atoms with E-state index in [1.165, 1.54) is 0 Å². The van der Waals surface area contributed by atoms with Crippen molar-refractivity contribution < 1.29 is 14.3 Å². The van der Waals surface area contributed by atoms with Crippen molar-refractivity contribution in [1.29, 1.82) is 0 Å². The van der Waals surface area contributed by atoms with Gasteiger partial charge in [-0.05, 0) is 36.2 Å². The maximum absolute atomic E-state index is 12.4. The van der Waals surface area contributed by atoms with Crippen molar-refractivity contribution >= 4 is 5.91 Å². The van der Waals surface area contributed by atoms with Gasteiger partial charge in [-0.1, -0.05) is 42.5 Å². The number of aryl methyl sites for hydroxylation is 1. The van der Waals surface area contributed by atoms with Crippen LogP contribution in [0.1, 0.15) is 34.8 Å². The molecule has 0 bridgehead atoms. The molecule has 2 aromatic carbocycles. The molecular weight excluding hydrogens is 314 g/mol. The van der Waals surface area contributed by atoms with Crippen LogP contribution in [0.15, 0.2) is 71.3 Å². The molecule has 1 atom stereocenters. The summed E-state index contributed by atoms with van der Waals surface area (Å²) >= 11 is 0. The van der Waals surface area contributed by atoms with Crippen LogP contribution in [0.5, 0.6) is 5.75 Å². The van der Waals surface area contributed by atoms with Crippen molar-refractivity contribution in [2.24, 2.45) is 0 Å². The van der Waals surface area contributed by atoms with Gasteiger partial charge >= 0.3 is 0 Å². The van der Waals surface area contributed by atoms with Crippen molar-refractivity contribution in [3.05, 3.63) is 89.4 Å². The number of hydrogen-bond acceptors (Lipinski definition) is 3. The molecule has 0 aliphatic rings. The molecule has 3 aromatic rings. The van der Waals surface area contributed by atoms with E-state index in [2.05, 4.69) is 5.32 Å². The lowest BCUT2D eigenvalue weighted by molar-refractivity contribution is -0.121. The number of benzene rings is 2. The third-order valence-corrected chi connectivity index (χ3v) is 4.19. The summed E-state index contributed by atoms with van der Waals surface area (Å²) in [4.78, 5) is 12.4. The number of carbonyl (C=O) groups is 1. The Kier molecular flexibility index (Phi) is 5.19. The Balaban J connectivity index is 1.80. The summed E-state index contributed by atoms with van der Waals surface area (Å²) in [5.41, 5.74) is 2.73. The van der Waals surface area contributed by atoms with Gasteiger partial charge in [0.1, 0.15) is 11.5 Å². The summed E-state index contributed by atoms with van der Waals surface area (Å²) in [6.07, 6.45) is 1.83. The van der Waals surface area contributed by atoms with E-state index >= 15 is 0 Å². The largest absolute Gasteiger partial charge is 0.508 e. The van der Waals surface area contributed by atoms with Gasteiger partial charge in [-0.25, -0.2) is 0 Å². The molecule has 1 heterocycles. The molecule has 0 unspecified atom stereocenters. The van der Waals surface area contributed by atoms with Gasteiger partial charge in [-0.15, -0.1) is 0 Å². The van der Waals surface area contributed by atoms with E-state index in [1.807, 2.05) is 55.5 Å². The first-order valence-electron chi connectivity index (χ1n) is 8.27. The lowest BCUT2D eigenvalue weighted by Gasteiger charge is -2.19. The normalized spacial score (nSPS) is 11.9. The maximum atomic E-state index is 12.4. The molecule has 0 radical (unpaired) electrons. The van der Waals surface area contributed by atoms with Crippen LogP contribution in [0.4, 0.5) is 0 Å². The van der Waals surface area contributed by atoms with Crippen LogP contribution in [0, 0.1) is 6.92 Å². The Morgan fingerprint density at radius 2 is 1.92 bits per heavy atom. The smallest absolute Gasteiger partial charge is 0.221 e. The fourth-order valence-electron chi connectivity index (χ4n) is 2.90. The Morgan fingerprint density at radius 3 is 2.60 bits per heavy atom. The van der Waals surface area contributed by atoms with Crippen LogP contribution in [0.25, 0.3) is 0 Å². The second-order valence-corrected chi connectivity index (χ2v) is 6.09. The molecule has 1 aromatic heterocycles. The highest BCUT2D eigenvalue weighted by atomic mass is 16.3. The molecule has 2 N–H and O–H groups in total. The van der Waals surface area contributed by atoms with Gasteiger partial charge in [-0.2, -0.15) is 0 Å². The number of amides is 1. The minimum absolute atomic E-state index is 0.0924.